The second-order valence-corrected chi connectivity index (χ2v) is 4.31. The van der Waals surface area contributed by atoms with E-state index in [1.54, 1.807) is 12.1 Å². The molecule has 0 spiro atoms. The van der Waals surface area contributed by atoms with Gasteiger partial charge in [-0.2, -0.15) is 0 Å². The highest BCUT2D eigenvalue weighted by Crippen LogP contribution is 2.06. The van der Waals surface area contributed by atoms with Crippen LogP contribution in [-0.4, -0.2) is 44.1 Å². The molecule has 0 bridgehead atoms. The van der Waals surface area contributed by atoms with E-state index in [-0.39, 0.29) is 6.42 Å². The fourth-order valence-electron chi connectivity index (χ4n) is 1.59. The van der Waals surface area contributed by atoms with Crippen molar-refractivity contribution in [2.75, 3.05) is 33.0 Å². The van der Waals surface area contributed by atoms with Gasteiger partial charge in [-0.15, -0.1) is 6.42 Å². The Hall–Kier alpha value is -1.87. The lowest BCUT2D eigenvalue weighted by Crippen LogP contribution is -2.09. The SMILES string of the molecule is C#CCOCCOCCOCc1ccc(CC(=O)O)cc1. The molecule has 21 heavy (non-hydrogen) atoms. The third kappa shape index (κ3) is 8.82. The Morgan fingerprint density at radius 2 is 1.57 bits per heavy atom. The van der Waals surface area contributed by atoms with Crippen molar-refractivity contribution >= 4 is 5.97 Å². The summed E-state index contributed by atoms with van der Waals surface area (Å²) in [4.78, 5) is 10.6. The quantitative estimate of drug-likeness (QED) is 0.494. The molecule has 0 aliphatic heterocycles. The Morgan fingerprint density at radius 3 is 2.19 bits per heavy atom. The smallest absolute Gasteiger partial charge is 0.307 e. The minimum Gasteiger partial charge on any atom is -0.481 e. The second-order valence-electron chi connectivity index (χ2n) is 4.31. The second kappa shape index (κ2) is 10.9. The fourth-order valence-corrected chi connectivity index (χ4v) is 1.59. The minimum absolute atomic E-state index is 0.0384. The zero-order valence-corrected chi connectivity index (χ0v) is 11.9. The lowest BCUT2D eigenvalue weighted by atomic mass is 10.1. The zero-order chi connectivity index (χ0) is 15.3. The van der Waals surface area contributed by atoms with E-state index >= 15 is 0 Å². The minimum atomic E-state index is -0.831. The van der Waals surface area contributed by atoms with Gasteiger partial charge in [0, 0.05) is 0 Å². The maximum absolute atomic E-state index is 10.6. The molecular weight excluding hydrogens is 272 g/mol. The summed E-state index contributed by atoms with van der Waals surface area (Å²) in [5.74, 6) is 1.55. The zero-order valence-electron chi connectivity index (χ0n) is 11.9. The first kappa shape index (κ1) is 17.2. The predicted octanol–water partition coefficient (Wildman–Crippen LogP) is 1.50. The number of terminal acetylenes is 1. The standard InChI is InChI=1S/C16H20O5/c1-2-7-19-8-9-20-10-11-21-13-15-5-3-14(4-6-15)12-16(17)18/h1,3-6H,7-13H2,(H,17,18). The van der Waals surface area contributed by atoms with E-state index in [0.717, 1.165) is 11.1 Å². The van der Waals surface area contributed by atoms with Crippen LogP contribution in [0.25, 0.3) is 0 Å². The van der Waals surface area contributed by atoms with E-state index in [1.807, 2.05) is 12.1 Å². The number of carbonyl (C=O) groups is 1. The fraction of sp³-hybridized carbons (Fsp3) is 0.438. The normalized spacial score (nSPS) is 10.2. The van der Waals surface area contributed by atoms with E-state index in [0.29, 0.717) is 39.6 Å². The molecule has 0 saturated heterocycles. The molecule has 5 heteroatoms. The Bertz CT molecular complexity index is 447. The van der Waals surface area contributed by atoms with Crippen LogP contribution in [0.4, 0.5) is 0 Å². The molecule has 1 N–H and O–H groups in total. The number of rotatable bonds is 11. The summed E-state index contributed by atoms with van der Waals surface area (Å²) < 4.78 is 15.8. The molecule has 1 aromatic carbocycles. The number of carboxylic acid groups (broad SMARTS) is 1. The van der Waals surface area contributed by atoms with Gasteiger partial charge in [0.2, 0.25) is 0 Å². The first-order valence-electron chi connectivity index (χ1n) is 6.68. The first-order valence-corrected chi connectivity index (χ1v) is 6.68. The van der Waals surface area contributed by atoms with Crippen LogP contribution in [-0.2, 0) is 32.0 Å². The maximum Gasteiger partial charge on any atom is 0.307 e. The largest absolute Gasteiger partial charge is 0.481 e. The molecule has 0 unspecified atom stereocenters. The molecule has 0 radical (unpaired) electrons. The molecule has 0 atom stereocenters. The van der Waals surface area contributed by atoms with Crippen molar-refractivity contribution in [3.63, 3.8) is 0 Å². The van der Waals surface area contributed by atoms with E-state index in [4.69, 9.17) is 25.7 Å². The molecular formula is C16H20O5. The van der Waals surface area contributed by atoms with Crippen molar-refractivity contribution < 1.29 is 24.1 Å². The van der Waals surface area contributed by atoms with Crippen LogP contribution < -0.4 is 0 Å². The van der Waals surface area contributed by atoms with E-state index in [2.05, 4.69) is 5.92 Å². The maximum atomic E-state index is 10.6. The van der Waals surface area contributed by atoms with Crippen LogP contribution in [0.15, 0.2) is 24.3 Å². The lowest BCUT2D eigenvalue weighted by Gasteiger charge is -2.06. The third-order valence-corrected chi connectivity index (χ3v) is 2.58. The number of benzene rings is 1. The summed E-state index contributed by atoms with van der Waals surface area (Å²) in [6.07, 6.45) is 5.07. The number of carboxylic acids is 1. The van der Waals surface area contributed by atoms with E-state index < -0.39 is 5.97 Å². The Morgan fingerprint density at radius 1 is 1.00 bits per heavy atom. The molecule has 0 saturated carbocycles. The van der Waals surface area contributed by atoms with Crippen LogP contribution in [0.1, 0.15) is 11.1 Å². The molecule has 1 aromatic rings. The highest BCUT2D eigenvalue weighted by Gasteiger charge is 2.00. The number of aliphatic carboxylic acids is 1. The molecule has 0 aliphatic carbocycles. The van der Waals surface area contributed by atoms with Gasteiger partial charge in [-0.05, 0) is 11.1 Å². The topological polar surface area (TPSA) is 65.0 Å². The molecule has 0 aliphatic rings. The Balaban J connectivity index is 2.05. The van der Waals surface area contributed by atoms with Crippen molar-refractivity contribution in [2.45, 2.75) is 13.0 Å². The van der Waals surface area contributed by atoms with Crippen molar-refractivity contribution in [2.24, 2.45) is 0 Å². The Labute approximate surface area is 124 Å². The van der Waals surface area contributed by atoms with Crippen molar-refractivity contribution in [3.05, 3.63) is 35.4 Å². The van der Waals surface area contributed by atoms with Gasteiger partial charge in [0.25, 0.3) is 0 Å². The summed E-state index contributed by atoms with van der Waals surface area (Å²) in [5.41, 5.74) is 1.78. The highest BCUT2D eigenvalue weighted by molar-refractivity contribution is 5.70. The average molecular weight is 292 g/mol. The van der Waals surface area contributed by atoms with Crippen LogP contribution in [0.2, 0.25) is 0 Å². The van der Waals surface area contributed by atoms with Crippen molar-refractivity contribution in [1.82, 2.24) is 0 Å². The van der Waals surface area contributed by atoms with Crippen molar-refractivity contribution in [1.29, 1.82) is 0 Å². The molecule has 0 amide bonds. The summed E-state index contributed by atoms with van der Waals surface area (Å²) in [6.45, 7) is 2.74. The number of hydrogen-bond donors (Lipinski definition) is 1. The van der Waals surface area contributed by atoms with Crippen LogP contribution in [0.5, 0.6) is 0 Å². The lowest BCUT2D eigenvalue weighted by molar-refractivity contribution is -0.136. The van der Waals surface area contributed by atoms with Crippen molar-refractivity contribution in [3.8, 4) is 12.3 Å². The molecule has 0 fully saturated rings. The van der Waals surface area contributed by atoms with Gasteiger partial charge in [0.05, 0.1) is 39.5 Å². The van der Waals surface area contributed by atoms with Crippen LogP contribution >= 0.6 is 0 Å². The summed E-state index contributed by atoms with van der Waals surface area (Å²) >= 11 is 0. The summed E-state index contributed by atoms with van der Waals surface area (Å²) in [7, 11) is 0. The van der Waals surface area contributed by atoms with Crippen LogP contribution in [0.3, 0.4) is 0 Å². The molecule has 114 valence electrons. The molecule has 0 aromatic heterocycles. The molecule has 1 rings (SSSR count). The monoisotopic (exact) mass is 292 g/mol. The summed E-state index contributed by atoms with van der Waals surface area (Å²) in [6, 6.07) is 7.33. The highest BCUT2D eigenvalue weighted by atomic mass is 16.5. The predicted molar refractivity (Wildman–Crippen MR) is 77.9 cm³/mol. The van der Waals surface area contributed by atoms with Gasteiger partial charge in [0.1, 0.15) is 6.61 Å². The third-order valence-electron chi connectivity index (χ3n) is 2.58. The van der Waals surface area contributed by atoms with E-state index in [9.17, 15) is 4.79 Å². The van der Waals surface area contributed by atoms with Gasteiger partial charge in [0.15, 0.2) is 0 Å². The van der Waals surface area contributed by atoms with Crippen LogP contribution in [0, 0.1) is 12.3 Å². The van der Waals surface area contributed by atoms with E-state index in [1.165, 1.54) is 0 Å². The number of ether oxygens (including phenoxy) is 3. The van der Waals surface area contributed by atoms with Gasteiger partial charge < -0.3 is 19.3 Å². The Kier molecular flexibility index (Phi) is 8.89. The van der Waals surface area contributed by atoms with Gasteiger partial charge in [-0.1, -0.05) is 30.2 Å². The summed E-state index contributed by atoms with van der Waals surface area (Å²) in [5, 5.41) is 8.67. The van der Waals surface area contributed by atoms with Gasteiger partial charge in [-0.25, -0.2) is 0 Å². The first-order chi connectivity index (χ1) is 10.2. The number of hydrogen-bond acceptors (Lipinski definition) is 4. The molecule has 5 nitrogen and oxygen atoms in total. The molecule has 0 heterocycles. The van der Waals surface area contributed by atoms with Gasteiger partial charge >= 0.3 is 5.97 Å². The average Bonchev–Trinajstić information content (AvgIpc) is 2.47. The van der Waals surface area contributed by atoms with Gasteiger partial charge in [-0.3, -0.25) is 4.79 Å².